The number of piperidine rings is 1. The zero-order valence-electron chi connectivity index (χ0n) is 17.4. The lowest BCUT2D eigenvalue weighted by Gasteiger charge is -2.51. The molecule has 2 saturated heterocycles. The number of nitrogens with one attached hydrogen (secondary N) is 2. The lowest BCUT2D eigenvalue weighted by atomic mass is 9.77. The standard InChI is InChI=1S/C21H40N2O2/c1-7-9-11-13-20(14-12-10-8-2)17(24)22-21(25-20)15-18(3,4)23-19(5,6)16-21/h23H,7-16H2,1-6H3,(H,22,24). The van der Waals surface area contributed by atoms with E-state index >= 15 is 0 Å². The van der Waals surface area contributed by atoms with Crippen LogP contribution in [0.3, 0.4) is 0 Å². The molecule has 0 aliphatic carbocycles. The van der Waals surface area contributed by atoms with E-state index in [0.717, 1.165) is 51.4 Å². The summed E-state index contributed by atoms with van der Waals surface area (Å²) in [6, 6.07) is 0. The van der Waals surface area contributed by atoms with Gasteiger partial charge in [-0.15, -0.1) is 0 Å². The quantitative estimate of drug-likeness (QED) is 0.624. The summed E-state index contributed by atoms with van der Waals surface area (Å²) in [5, 5.41) is 7.02. The van der Waals surface area contributed by atoms with Crippen molar-refractivity contribution < 1.29 is 9.53 Å². The summed E-state index contributed by atoms with van der Waals surface area (Å²) in [6.07, 6.45) is 10.1. The first-order chi connectivity index (χ1) is 11.6. The first-order valence-electron chi connectivity index (χ1n) is 10.4. The number of ether oxygens (including phenoxy) is 1. The Hall–Kier alpha value is -0.610. The van der Waals surface area contributed by atoms with Crippen molar-refractivity contribution in [2.24, 2.45) is 0 Å². The topological polar surface area (TPSA) is 50.4 Å². The molecule has 4 heteroatoms. The molecule has 0 bridgehead atoms. The molecule has 4 nitrogen and oxygen atoms in total. The van der Waals surface area contributed by atoms with Crippen molar-refractivity contribution in [1.29, 1.82) is 0 Å². The van der Waals surface area contributed by atoms with E-state index in [0.29, 0.717) is 0 Å². The van der Waals surface area contributed by atoms with E-state index < -0.39 is 11.3 Å². The van der Waals surface area contributed by atoms with Gasteiger partial charge in [-0.2, -0.15) is 0 Å². The first kappa shape index (κ1) is 20.7. The summed E-state index contributed by atoms with van der Waals surface area (Å²) < 4.78 is 6.75. The van der Waals surface area contributed by atoms with Crippen LogP contribution in [0.15, 0.2) is 0 Å². The van der Waals surface area contributed by atoms with Gasteiger partial charge in [-0.25, -0.2) is 0 Å². The molecular formula is C21H40N2O2. The minimum absolute atomic E-state index is 0.0576. The van der Waals surface area contributed by atoms with Gasteiger partial charge in [0.25, 0.3) is 5.91 Å². The second kappa shape index (κ2) is 7.56. The normalized spacial score (nSPS) is 25.9. The number of amides is 1. The average molecular weight is 353 g/mol. The molecule has 0 saturated carbocycles. The zero-order chi connectivity index (χ0) is 18.8. The molecule has 0 aromatic rings. The van der Waals surface area contributed by atoms with Crippen LogP contribution >= 0.6 is 0 Å². The van der Waals surface area contributed by atoms with Crippen molar-refractivity contribution in [3.05, 3.63) is 0 Å². The van der Waals surface area contributed by atoms with Crippen LogP contribution in [0.5, 0.6) is 0 Å². The minimum Gasteiger partial charge on any atom is -0.339 e. The lowest BCUT2D eigenvalue weighted by Crippen LogP contribution is -2.66. The maximum Gasteiger partial charge on any atom is 0.254 e. The smallest absolute Gasteiger partial charge is 0.254 e. The molecule has 0 radical (unpaired) electrons. The Morgan fingerprint density at radius 3 is 1.80 bits per heavy atom. The van der Waals surface area contributed by atoms with Crippen molar-refractivity contribution in [2.45, 2.75) is 128 Å². The van der Waals surface area contributed by atoms with E-state index in [9.17, 15) is 4.79 Å². The van der Waals surface area contributed by atoms with Crippen LogP contribution in [-0.2, 0) is 9.53 Å². The van der Waals surface area contributed by atoms with Crippen molar-refractivity contribution in [1.82, 2.24) is 10.6 Å². The molecular weight excluding hydrogens is 312 g/mol. The fourth-order valence-electron chi connectivity index (χ4n) is 5.20. The second-order valence-electron chi connectivity index (χ2n) is 9.71. The summed E-state index contributed by atoms with van der Waals surface area (Å²) >= 11 is 0. The summed E-state index contributed by atoms with van der Waals surface area (Å²) in [5.74, 6) is 0.133. The summed E-state index contributed by atoms with van der Waals surface area (Å²) in [7, 11) is 0. The highest BCUT2D eigenvalue weighted by atomic mass is 16.6. The predicted octanol–water partition coefficient (Wildman–Crippen LogP) is 4.67. The van der Waals surface area contributed by atoms with Gasteiger partial charge in [0.05, 0.1) is 0 Å². The van der Waals surface area contributed by atoms with Gasteiger partial charge in [-0.05, 0) is 40.5 Å². The molecule has 1 spiro atoms. The Labute approximate surface area is 154 Å². The van der Waals surface area contributed by atoms with Crippen LogP contribution in [0, 0.1) is 0 Å². The average Bonchev–Trinajstić information content (AvgIpc) is 2.67. The van der Waals surface area contributed by atoms with Crippen LogP contribution in [0.4, 0.5) is 0 Å². The monoisotopic (exact) mass is 352 g/mol. The van der Waals surface area contributed by atoms with E-state index in [1.807, 2.05) is 0 Å². The van der Waals surface area contributed by atoms with Gasteiger partial charge in [-0.3, -0.25) is 4.79 Å². The Bertz CT molecular complexity index is 445. The molecule has 2 fully saturated rings. The fourth-order valence-corrected chi connectivity index (χ4v) is 5.20. The molecule has 1 amide bonds. The van der Waals surface area contributed by atoms with Gasteiger partial charge in [0.1, 0.15) is 11.3 Å². The molecule has 0 aromatic carbocycles. The Balaban J connectivity index is 2.22. The van der Waals surface area contributed by atoms with Crippen LogP contribution < -0.4 is 10.6 Å². The Morgan fingerprint density at radius 1 is 0.880 bits per heavy atom. The fraction of sp³-hybridized carbons (Fsp3) is 0.952. The van der Waals surface area contributed by atoms with Gasteiger partial charge in [-0.1, -0.05) is 52.4 Å². The number of unbranched alkanes of at least 4 members (excludes halogenated alkanes) is 4. The Morgan fingerprint density at radius 2 is 1.36 bits per heavy atom. The summed E-state index contributed by atoms with van der Waals surface area (Å²) in [4.78, 5) is 13.1. The molecule has 2 rings (SSSR count). The maximum absolute atomic E-state index is 13.1. The van der Waals surface area contributed by atoms with Gasteiger partial charge in [0.2, 0.25) is 0 Å². The summed E-state index contributed by atoms with van der Waals surface area (Å²) in [6.45, 7) is 13.2. The van der Waals surface area contributed by atoms with Crippen LogP contribution in [-0.4, -0.2) is 28.3 Å². The molecule has 2 aliphatic rings. The highest BCUT2D eigenvalue weighted by molar-refractivity contribution is 5.87. The van der Waals surface area contributed by atoms with E-state index in [1.165, 1.54) is 12.8 Å². The summed E-state index contributed by atoms with van der Waals surface area (Å²) in [5.41, 5.74) is -1.25. The number of rotatable bonds is 8. The van der Waals surface area contributed by atoms with E-state index in [4.69, 9.17) is 4.74 Å². The second-order valence-corrected chi connectivity index (χ2v) is 9.71. The molecule has 0 unspecified atom stereocenters. The van der Waals surface area contributed by atoms with Gasteiger partial charge < -0.3 is 15.4 Å². The number of carbonyl (C=O) groups is 1. The van der Waals surface area contributed by atoms with Crippen molar-refractivity contribution in [3.8, 4) is 0 Å². The highest BCUT2D eigenvalue weighted by Gasteiger charge is 2.59. The van der Waals surface area contributed by atoms with Crippen molar-refractivity contribution in [2.75, 3.05) is 0 Å². The third-order valence-electron chi connectivity index (χ3n) is 5.65. The Kier molecular flexibility index (Phi) is 6.26. The largest absolute Gasteiger partial charge is 0.339 e. The zero-order valence-corrected chi connectivity index (χ0v) is 17.4. The number of carbonyl (C=O) groups excluding carboxylic acids is 1. The maximum atomic E-state index is 13.1. The number of hydrogen-bond acceptors (Lipinski definition) is 3. The van der Waals surface area contributed by atoms with E-state index in [-0.39, 0.29) is 17.0 Å². The molecule has 146 valence electrons. The third-order valence-corrected chi connectivity index (χ3v) is 5.65. The van der Waals surface area contributed by atoms with Gasteiger partial charge in [0.15, 0.2) is 0 Å². The van der Waals surface area contributed by atoms with Crippen molar-refractivity contribution in [3.63, 3.8) is 0 Å². The van der Waals surface area contributed by atoms with Crippen molar-refractivity contribution >= 4 is 5.91 Å². The van der Waals surface area contributed by atoms with Gasteiger partial charge >= 0.3 is 0 Å². The SMILES string of the molecule is CCCCCC1(CCCCC)OC2(CC(C)(C)NC(C)(C)C2)NC1=O. The van der Waals surface area contributed by atoms with E-state index in [2.05, 4.69) is 52.2 Å². The molecule has 2 heterocycles. The molecule has 2 aliphatic heterocycles. The first-order valence-corrected chi connectivity index (χ1v) is 10.4. The molecule has 25 heavy (non-hydrogen) atoms. The highest BCUT2D eigenvalue weighted by Crippen LogP contribution is 2.45. The van der Waals surface area contributed by atoms with Crippen LogP contribution in [0.1, 0.15) is 106 Å². The molecule has 2 N–H and O–H groups in total. The predicted molar refractivity (Wildman–Crippen MR) is 104 cm³/mol. The van der Waals surface area contributed by atoms with Gasteiger partial charge in [0, 0.05) is 23.9 Å². The third kappa shape index (κ3) is 4.97. The lowest BCUT2D eigenvalue weighted by molar-refractivity contribution is -0.163. The van der Waals surface area contributed by atoms with Crippen LogP contribution in [0.2, 0.25) is 0 Å². The van der Waals surface area contributed by atoms with E-state index in [1.54, 1.807) is 0 Å². The van der Waals surface area contributed by atoms with Crippen LogP contribution in [0.25, 0.3) is 0 Å². The molecule has 0 aromatic heterocycles. The number of hydrogen-bond donors (Lipinski definition) is 2. The minimum atomic E-state index is -0.617. The molecule has 0 atom stereocenters.